The molecule has 0 aliphatic carbocycles. The standard InChI is InChI=1S/C10H22N2O2/c1-5-12(4)10(13)8-11-6-7-14-9(2)3/h9,11H,5-8H2,1-4H3. The van der Waals surface area contributed by atoms with Crippen LogP contribution in [0.1, 0.15) is 20.8 Å². The Balaban J connectivity index is 3.32. The number of rotatable bonds is 7. The molecule has 84 valence electrons. The summed E-state index contributed by atoms with van der Waals surface area (Å²) in [7, 11) is 1.80. The summed E-state index contributed by atoms with van der Waals surface area (Å²) in [5.41, 5.74) is 0. The molecule has 0 aromatic rings. The van der Waals surface area contributed by atoms with E-state index in [1.807, 2.05) is 20.8 Å². The topological polar surface area (TPSA) is 41.6 Å². The van der Waals surface area contributed by atoms with E-state index < -0.39 is 0 Å². The third-order valence-electron chi connectivity index (χ3n) is 1.91. The van der Waals surface area contributed by atoms with Gasteiger partial charge in [-0.15, -0.1) is 0 Å². The van der Waals surface area contributed by atoms with Crippen LogP contribution in [0.3, 0.4) is 0 Å². The third kappa shape index (κ3) is 6.86. The molecule has 0 aliphatic rings. The van der Waals surface area contributed by atoms with Crippen molar-refractivity contribution in [3.8, 4) is 0 Å². The lowest BCUT2D eigenvalue weighted by Gasteiger charge is -2.15. The fourth-order valence-corrected chi connectivity index (χ4v) is 0.873. The first kappa shape index (κ1) is 13.4. The fourth-order valence-electron chi connectivity index (χ4n) is 0.873. The van der Waals surface area contributed by atoms with Gasteiger partial charge >= 0.3 is 0 Å². The summed E-state index contributed by atoms with van der Waals surface area (Å²) in [5.74, 6) is 0.122. The maximum Gasteiger partial charge on any atom is 0.236 e. The third-order valence-corrected chi connectivity index (χ3v) is 1.91. The Morgan fingerprint density at radius 2 is 2.14 bits per heavy atom. The van der Waals surface area contributed by atoms with Crippen LogP contribution in [-0.2, 0) is 9.53 Å². The van der Waals surface area contributed by atoms with Crippen molar-refractivity contribution < 1.29 is 9.53 Å². The second-order valence-corrected chi connectivity index (χ2v) is 3.50. The van der Waals surface area contributed by atoms with E-state index >= 15 is 0 Å². The van der Waals surface area contributed by atoms with Crippen molar-refractivity contribution in [1.82, 2.24) is 10.2 Å². The number of carbonyl (C=O) groups is 1. The van der Waals surface area contributed by atoms with E-state index in [1.165, 1.54) is 0 Å². The highest BCUT2D eigenvalue weighted by atomic mass is 16.5. The quantitative estimate of drug-likeness (QED) is 0.611. The first-order chi connectivity index (χ1) is 6.57. The van der Waals surface area contributed by atoms with Crippen molar-refractivity contribution in [3.63, 3.8) is 0 Å². The number of amides is 1. The Hall–Kier alpha value is -0.610. The highest BCUT2D eigenvalue weighted by Gasteiger charge is 2.04. The number of hydrogen-bond donors (Lipinski definition) is 1. The van der Waals surface area contributed by atoms with Crippen LogP contribution in [-0.4, -0.2) is 50.2 Å². The highest BCUT2D eigenvalue weighted by Crippen LogP contribution is 1.85. The van der Waals surface area contributed by atoms with Crippen molar-refractivity contribution in [3.05, 3.63) is 0 Å². The number of ether oxygens (including phenoxy) is 1. The van der Waals surface area contributed by atoms with Crippen LogP contribution in [0.15, 0.2) is 0 Å². The lowest BCUT2D eigenvalue weighted by molar-refractivity contribution is -0.128. The molecular formula is C10H22N2O2. The zero-order valence-electron chi connectivity index (χ0n) is 9.67. The molecule has 0 saturated carbocycles. The summed E-state index contributed by atoms with van der Waals surface area (Å²) >= 11 is 0. The van der Waals surface area contributed by atoms with Crippen LogP contribution in [0.2, 0.25) is 0 Å². The average molecular weight is 202 g/mol. The normalized spacial score (nSPS) is 10.6. The second-order valence-electron chi connectivity index (χ2n) is 3.50. The van der Waals surface area contributed by atoms with Gasteiger partial charge in [-0.1, -0.05) is 0 Å². The Labute approximate surface area is 86.6 Å². The average Bonchev–Trinajstić information content (AvgIpc) is 2.15. The van der Waals surface area contributed by atoms with Gasteiger partial charge in [-0.25, -0.2) is 0 Å². The van der Waals surface area contributed by atoms with Crippen molar-refractivity contribution in [2.24, 2.45) is 0 Å². The van der Waals surface area contributed by atoms with Crippen molar-refractivity contribution in [2.75, 3.05) is 33.3 Å². The van der Waals surface area contributed by atoms with Crippen molar-refractivity contribution in [2.45, 2.75) is 26.9 Å². The van der Waals surface area contributed by atoms with Gasteiger partial charge in [0.1, 0.15) is 0 Å². The second kappa shape index (κ2) is 7.76. The van der Waals surface area contributed by atoms with E-state index in [9.17, 15) is 4.79 Å². The molecule has 0 bridgehead atoms. The molecule has 4 heteroatoms. The molecule has 0 atom stereocenters. The molecule has 0 fully saturated rings. The zero-order chi connectivity index (χ0) is 11.0. The van der Waals surface area contributed by atoms with Crippen LogP contribution >= 0.6 is 0 Å². The highest BCUT2D eigenvalue weighted by molar-refractivity contribution is 5.77. The minimum atomic E-state index is 0.122. The van der Waals surface area contributed by atoms with E-state index in [2.05, 4.69) is 5.32 Å². The molecule has 1 amide bonds. The first-order valence-corrected chi connectivity index (χ1v) is 5.14. The molecule has 0 radical (unpaired) electrons. The van der Waals surface area contributed by atoms with Gasteiger partial charge in [0.15, 0.2) is 0 Å². The van der Waals surface area contributed by atoms with Gasteiger partial charge in [-0.05, 0) is 20.8 Å². The molecular weight excluding hydrogens is 180 g/mol. The van der Waals surface area contributed by atoms with Gasteiger partial charge in [0.2, 0.25) is 5.91 Å². The molecule has 14 heavy (non-hydrogen) atoms. The smallest absolute Gasteiger partial charge is 0.236 e. The monoisotopic (exact) mass is 202 g/mol. The summed E-state index contributed by atoms with van der Waals surface area (Å²) < 4.78 is 5.32. The van der Waals surface area contributed by atoms with Crippen LogP contribution in [0.5, 0.6) is 0 Å². The van der Waals surface area contributed by atoms with Gasteiger partial charge in [-0.2, -0.15) is 0 Å². The Morgan fingerprint density at radius 1 is 1.50 bits per heavy atom. The Bertz CT molecular complexity index is 160. The molecule has 4 nitrogen and oxygen atoms in total. The van der Waals surface area contributed by atoms with Crippen LogP contribution in [0, 0.1) is 0 Å². The Morgan fingerprint density at radius 3 is 2.64 bits per heavy atom. The summed E-state index contributed by atoms with van der Waals surface area (Å²) in [5, 5.41) is 3.04. The number of nitrogens with zero attached hydrogens (tertiary/aromatic N) is 1. The van der Waals surface area contributed by atoms with E-state index in [1.54, 1.807) is 11.9 Å². The molecule has 0 aliphatic heterocycles. The number of likely N-dealkylation sites (N-methyl/N-ethyl adjacent to an activating group) is 1. The van der Waals surface area contributed by atoms with E-state index in [-0.39, 0.29) is 12.0 Å². The minimum absolute atomic E-state index is 0.122. The number of nitrogens with one attached hydrogen (secondary N) is 1. The lowest BCUT2D eigenvalue weighted by atomic mass is 10.4. The van der Waals surface area contributed by atoms with E-state index in [0.29, 0.717) is 13.2 Å². The Kier molecular flexibility index (Phi) is 7.42. The predicted octanol–water partition coefficient (Wildman–Crippen LogP) is 0.479. The molecule has 0 aromatic carbocycles. The summed E-state index contributed by atoms with van der Waals surface area (Å²) in [4.78, 5) is 13.0. The molecule has 0 saturated heterocycles. The van der Waals surface area contributed by atoms with Crippen molar-refractivity contribution in [1.29, 1.82) is 0 Å². The van der Waals surface area contributed by atoms with Gasteiger partial charge in [0, 0.05) is 20.1 Å². The first-order valence-electron chi connectivity index (χ1n) is 5.14. The minimum Gasteiger partial charge on any atom is -0.377 e. The van der Waals surface area contributed by atoms with Crippen LogP contribution < -0.4 is 5.32 Å². The molecule has 0 rings (SSSR count). The van der Waals surface area contributed by atoms with Gasteiger partial charge in [0.25, 0.3) is 0 Å². The zero-order valence-corrected chi connectivity index (χ0v) is 9.67. The molecule has 1 N–H and O–H groups in total. The fraction of sp³-hybridized carbons (Fsp3) is 0.900. The SMILES string of the molecule is CCN(C)C(=O)CNCCOC(C)C. The molecule has 0 spiro atoms. The number of hydrogen-bond acceptors (Lipinski definition) is 3. The summed E-state index contributed by atoms with van der Waals surface area (Å²) in [6, 6.07) is 0. The summed E-state index contributed by atoms with van der Waals surface area (Å²) in [6.07, 6.45) is 0.255. The molecule has 0 aromatic heterocycles. The number of carbonyl (C=O) groups excluding carboxylic acids is 1. The van der Waals surface area contributed by atoms with Gasteiger partial charge < -0.3 is 15.0 Å². The summed E-state index contributed by atoms with van der Waals surface area (Å²) in [6.45, 7) is 8.48. The van der Waals surface area contributed by atoms with Gasteiger partial charge in [0.05, 0.1) is 19.3 Å². The van der Waals surface area contributed by atoms with Crippen LogP contribution in [0.4, 0.5) is 0 Å². The molecule has 0 unspecified atom stereocenters. The predicted molar refractivity (Wildman–Crippen MR) is 57.3 cm³/mol. The molecule has 0 heterocycles. The maximum absolute atomic E-state index is 11.3. The van der Waals surface area contributed by atoms with E-state index in [4.69, 9.17) is 4.74 Å². The van der Waals surface area contributed by atoms with Gasteiger partial charge in [-0.3, -0.25) is 4.79 Å². The van der Waals surface area contributed by atoms with E-state index in [0.717, 1.165) is 13.1 Å². The largest absolute Gasteiger partial charge is 0.377 e. The lowest BCUT2D eigenvalue weighted by Crippen LogP contribution is -2.36. The van der Waals surface area contributed by atoms with Crippen LogP contribution in [0.25, 0.3) is 0 Å². The maximum atomic E-state index is 11.3. The van der Waals surface area contributed by atoms with Crippen molar-refractivity contribution >= 4 is 5.91 Å².